The molecule has 0 aliphatic carbocycles. The van der Waals surface area contributed by atoms with Gasteiger partial charge in [-0.25, -0.2) is 8.42 Å². The van der Waals surface area contributed by atoms with Gasteiger partial charge in [-0.3, -0.25) is 9.71 Å². The van der Waals surface area contributed by atoms with Gasteiger partial charge in [-0.1, -0.05) is 24.3 Å². The van der Waals surface area contributed by atoms with Gasteiger partial charge in [0.2, 0.25) is 0 Å². The normalized spacial score (nSPS) is 11.3. The Morgan fingerprint density at radius 3 is 2.55 bits per heavy atom. The molecule has 3 rings (SSSR count). The zero-order valence-electron chi connectivity index (χ0n) is 11.9. The summed E-state index contributed by atoms with van der Waals surface area (Å²) < 4.78 is 32.7. The molecule has 22 heavy (non-hydrogen) atoms. The van der Waals surface area contributed by atoms with Crippen LogP contribution in [0.25, 0.3) is 10.9 Å². The standard InChI is InChI=1S/C16H14N2O3S/c1-21-13-10-12-6-5-9-17-16(12)15(11-13)18-22(19,20)14-7-3-2-4-8-14/h2-11,18H,1H3. The summed E-state index contributed by atoms with van der Waals surface area (Å²) in [4.78, 5) is 4.45. The third-order valence-corrected chi connectivity index (χ3v) is 4.59. The fourth-order valence-corrected chi connectivity index (χ4v) is 3.24. The van der Waals surface area contributed by atoms with Crippen molar-refractivity contribution in [3.63, 3.8) is 0 Å². The monoisotopic (exact) mass is 314 g/mol. The van der Waals surface area contributed by atoms with Crippen molar-refractivity contribution in [1.82, 2.24) is 4.98 Å². The van der Waals surface area contributed by atoms with Gasteiger partial charge in [0.15, 0.2) is 0 Å². The lowest BCUT2D eigenvalue weighted by Crippen LogP contribution is -2.13. The first-order chi connectivity index (χ1) is 10.6. The first kappa shape index (κ1) is 14.3. The van der Waals surface area contributed by atoms with E-state index >= 15 is 0 Å². The smallest absolute Gasteiger partial charge is 0.261 e. The third-order valence-electron chi connectivity index (χ3n) is 3.21. The van der Waals surface area contributed by atoms with Crippen molar-refractivity contribution < 1.29 is 13.2 Å². The zero-order valence-corrected chi connectivity index (χ0v) is 12.7. The van der Waals surface area contributed by atoms with E-state index in [0.717, 1.165) is 5.39 Å². The average molecular weight is 314 g/mol. The predicted octanol–water partition coefficient (Wildman–Crippen LogP) is 3.04. The minimum atomic E-state index is -3.68. The van der Waals surface area contributed by atoms with Crippen molar-refractivity contribution in [2.45, 2.75) is 4.90 Å². The van der Waals surface area contributed by atoms with E-state index in [4.69, 9.17) is 4.74 Å². The summed E-state index contributed by atoms with van der Waals surface area (Å²) in [5.41, 5.74) is 0.960. The minimum absolute atomic E-state index is 0.196. The van der Waals surface area contributed by atoms with Crippen molar-refractivity contribution in [1.29, 1.82) is 0 Å². The molecule has 0 atom stereocenters. The molecule has 0 saturated carbocycles. The van der Waals surface area contributed by atoms with E-state index in [0.29, 0.717) is 17.0 Å². The van der Waals surface area contributed by atoms with Crippen molar-refractivity contribution in [3.05, 3.63) is 60.8 Å². The number of aromatic nitrogens is 1. The highest BCUT2D eigenvalue weighted by Gasteiger charge is 2.16. The number of nitrogens with one attached hydrogen (secondary N) is 1. The zero-order chi connectivity index (χ0) is 15.6. The van der Waals surface area contributed by atoms with Crippen LogP contribution < -0.4 is 9.46 Å². The molecule has 0 bridgehead atoms. The number of benzene rings is 2. The Morgan fingerprint density at radius 2 is 1.82 bits per heavy atom. The average Bonchev–Trinajstić information content (AvgIpc) is 2.55. The van der Waals surface area contributed by atoms with Crippen LogP contribution in [0.15, 0.2) is 65.7 Å². The lowest BCUT2D eigenvalue weighted by atomic mass is 10.2. The van der Waals surface area contributed by atoms with Crippen molar-refractivity contribution in [3.8, 4) is 5.75 Å². The molecule has 0 saturated heterocycles. The molecule has 3 aromatic rings. The molecule has 112 valence electrons. The predicted molar refractivity (Wildman–Crippen MR) is 85.5 cm³/mol. The highest BCUT2D eigenvalue weighted by molar-refractivity contribution is 7.92. The van der Waals surface area contributed by atoms with Crippen molar-refractivity contribution in [2.75, 3.05) is 11.8 Å². The van der Waals surface area contributed by atoms with Gasteiger partial charge in [-0.05, 0) is 24.3 Å². The van der Waals surface area contributed by atoms with E-state index in [1.165, 1.54) is 19.2 Å². The summed E-state index contributed by atoms with van der Waals surface area (Å²) in [6, 6.07) is 15.3. The number of nitrogens with zero attached hydrogens (tertiary/aromatic N) is 1. The van der Waals surface area contributed by atoms with Crippen LogP contribution in [0.2, 0.25) is 0 Å². The van der Waals surface area contributed by atoms with E-state index in [2.05, 4.69) is 9.71 Å². The van der Waals surface area contributed by atoms with Gasteiger partial charge >= 0.3 is 0 Å². The molecule has 0 radical (unpaired) electrons. The topological polar surface area (TPSA) is 68.3 Å². The van der Waals surface area contributed by atoms with Crippen LogP contribution in [-0.4, -0.2) is 20.5 Å². The molecule has 0 amide bonds. The van der Waals surface area contributed by atoms with Gasteiger partial charge < -0.3 is 4.74 Å². The molecule has 2 aromatic carbocycles. The molecule has 0 aliphatic heterocycles. The van der Waals surface area contributed by atoms with Crippen molar-refractivity contribution in [2.24, 2.45) is 0 Å². The second-order valence-electron chi connectivity index (χ2n) is 4.67. The number of sulfonamides is 1. The van der Waals surface area contributed by atoms with Crippen LogP contribution in [0, 0.1) is 0 Å². The fraction of sp³-hybridized carbons (Fsp3) is 0.0625. The summed E-state index contributed by atoms with van der Waals surface area (Å²) in [5.74, 6) is 0.561. The highest BCUT2D eigenvalue weighted by atomic mass is 32.2. The summed E-state index contributed by atoms with van der Waals surface area (Å²) in [6.07, 6.45) is 1.62. The Kier molecular flexibility index (Phi) is 3.68. The molecule has 0 unspecified atom stereocenters. The highest BCUT2D eigenvalue weighted by Crippen LogP contribution is 2.29. The van der Waals surface area contributed by atoms with Gasteiger partial charge in [0.05, 0.1) is 23.2 Å². The SMILES string of the molecule is COc1cc(NS(=O)(=O)c2ccccc2)c2ncccc2c1. The Balaban J connectivity index is 2.11. The molecule has 6 heteroatoms. The van der Waals surface area contributed by atoms with E-state index in [-0.39, 0.29) is 4.90 Å². The molecule has 1 N–H and O–H groups in total. The van der Waals surface area contributed by atoms with E-state index in [1.807, 2.05) is 12.1 Å². The maximum absolute atomic E-state index is 12.5. The summed E-state index contributed by atoms with van der Waals surface area (Å²) >= 11 is 0. The number of fused-ring (bicyclic) bond motifs is 1. The van der Waals surface area contributed by atoms with Crippen LogP contribution in [0.1, 0.15) is 0 Å². The van der Waals surface area contributed by atoms with Crippen LogP contribution in [-0.2, 0) is 10.0 Å². The molecule has 0 fully saturated rings. The number of hydrogen-bond donors (Lipinski definition) is 1. The molecule has 5 nitrogen and oxygen atoms in total. The van der Waals surface area contributed by atoms with Crippen molar-refractivity contribution >= 4 is 26.6 Å². The molecule has 0 aliphatic rings. The van der Waals surface area contributed by atoms with Gasteiger partial charge in [-0.2, -0.15) is 0 Å². The number of anilines is 1. The maximum Gasteiger partial charge on any atom is 0.261 e. The van der Waals surface area contributed by atoms with E-state index in [1.54, 1.807) is 36.5 Å². The Morgan fingerprint density at radius 1 is 1.05 bits per heavy atom. The lowest BCUT2D eigenvalue weighted by Gasteiger charge is -2.12. The molecule has 0 spiro atoms. The number of methoxy groups -OCH3 is 1. The van der Waals surface area contributed by atoms with Crippen LogP contribution >= 0.6 is 0 Å². The first-order valence-corrected chi connectivity index (χ1v) is 8.09. The second-order valence-corrected chi connectivity index (χ2v) is 6.35. The van der Waals surface area contributed by atoms with Crippen LogP contribution in [0.3, 0.4) is 0 Å². The second kappa shape index (κ2) is 5.65. The number of rotatable bonds is 4. The van der Waals surface area contributed by atoms with Gasteiger partial charge in [0.1, 0.15) is 5.75 Å². The summed E-state index contributed by atoms with van der Waals surface area (Å²) in [6.45, 7) is 0. The molecule has 1 aromatic heterocycles. The Labute approximate surface area is 128 Å². The largest absolute Gasteiger partial charge is 0.497 e. The Bertz CT molecular complexity index is 909. The Hall–Kier alpha value is -2.60. The summed E-state index contributed by atoms with van der Waals surface area (Å²) in [7, 11) is -2.14. The van der Waals surface area contributed by atoms with Crippen LogP contribution in [0.4, 0.5) is 5.69 Å². The van der Waals surface area contributed by atoms with Gasteiger partial charge in [-0.15, -0.1) is 0 Å². The van der Waals surface area contributed by atoms with E-state index in [9.17, 15) is 8.42 Å². The van der Waals surface area contributed by atoms with Crippen LogP contribution in [0.5, 0.6) is 5.75 Å². The lowest BCUT2D eigenvalue weighted by molar-refractivity contribution is 0.415. The fourth-order valence-electron chi connectivity index (χ4n) is 2.16. The van der Waals surface area contributed by atoms with E-state index < -0.39 is 10.0 Å². The molecule has 1 heterocycles. The van der Waals surface area contributed by atoms with Gasteiger partial charge in [0.25, 0.3) is 10.0 Å². The molecular weight excluding hydrogens is 300 g/mol. The molecular formula is C16H14N2O3S. The van der Waals surface area contributed by atoms with Gasteiger partial charge in [0, 0.05) is 17.6 Å². The summed E-state index contributed by atoms with van der Waals surface area (Å²) in [5, 5.41) is 0.799. The first-order valence-electron chi connectivity index (χ1n) is 6.61. The number of pyridine rings is 1. The minimum Gasteiger partial charge on any atom is -0.497 e. The third kappa shape index (κ3) is 2.73. The quantitative estimate of drug-likeness (QED) is 0.803. The number of ether oxygens (including phenoxy) is 1. The number of hydrogen-bond acceptors (Lipinski definition) is 4. The maximum atomic E-state index is 12.5.